The molecule has 0 bridgehead atoms. The summed E-state index contributed by atoms with van der Waals surface area (Å²) in [5.41, 5.74) is 1.16. The van der Waals surface area contributed by atoms with E-state index in [9.17, 15) is 14.3 Å². The largest absolute Gasteiger partial charge is 0.491 e. The number of ether oxygens (including phenoxy) is 1. The van der Waals surface area contributed by atoms with Crippen LogP contribution in [-0.4, -0.2) is 27.5 Å². The van der Waals surface area contributed by atoms with Gasteiger partial charge in [0.05, 0.1) is 12.3 Å². The summed E-state index contributed by atoms with van der Waals surface area (Å²) < 4.78 is 20.4. The minimum Gasteiger partial charge on any atom is -0.491 e. The van der Waals surface area contributed by atoms with Gasteiger partial charge in [-0.05, 0) is 30.7 Å². The van der Waals surface area contributed by atoms with E-state index in [1.54, 1.807) is 26.1 Å². The molecule has 0 spiro atoms. The highest BCUT2D eigenvalue weighted by Gasteiger charge is 2.22. The number of benzene rings is 1. The quantitative estimate of drug-likeness (QED) is 0.816. The molecule has 0 aliphatic heterocycles. The summed E-state index contributed by atoms with van der Waals surface area (Å²) in [5.74, 6) is -1.30. The molecule has 2 N–H and O–H groups in total. The normalized spacial score (nSPS) is 12.1. The number of carboxylic acid groups (broad SMARTS) is 1. The van der Waals surface area contributed by atoms with Crippen LogP contribution < -0.4 is 10.1 Å². The molecule has 1 heterocycles. The number of carbonyl (C=O) groups is 1. The number of carboxylic acids is 1. The Hall–Kier alpha value is -2.41. The number of rotatable bonds is 7. The summed E-state index contributed by atoms with van der Waals surface area (Å²) in [6.45, 7) is 2.38. The van der Waals surface area contributed by atoms with Crippen molar-refractivity contribution in [2.75, 3.05) is 6.61 Å². The molecule has 118 valence electrons. The van der Waals surface area contributed by atoms with E-state index < -0.39 is 17.8 Å². The standard InChI is InChI=1S/C15H18FN3O3/c1-3-22-13-5-4-10(8-11(13)16)9-17-14(15(20)21)12-6-7-18-19(12)2/h4-8,14,17H,3,9H2,1-2H3,(H,20,21)/t14-/m1/s1. The van der Waals surface area contributed by atoms with Gasteiger partial charge in [0, 0.05) is 19.8 Å². The molecule has 1 atom stereocenters. The van der Waals surface area contributed by atoms with Gasteiger partial charge < -0.3 is 9.84 Å². The van der Waals surface area contributed by atoms with Crippen molar-refractivity contribution < 1.29 is 19.0 Å². The predicted molar refractivity (Wildman–Crippen MR) is 78.0 cm³/mol. The van der Waals surface area contributed by atoms with E-state index in [4.69, 9.17) is 4.74 Å². The number of aliphatic carboxylic acids is 1. The van der Waals surface area contributed by atoms with Gasteiger partial charge in [-0.1, -0.05) is 6.07 Å². The third kappa shape index (κ3) is 3.62. The van der Waals surface area contributed by atoms with Crippen LogP contribution in [-0.2, 0) is 18.4 Å². The van der Waals surface area contributed by atoms with Crippen molar-refractivity contribution >= 4 is 5.97 Å². The van der Waals surface area contributed by atoms with E-state index in [-0.39, 0.29) is 12.3 Å². The summed E-state index contributed by atoms with van der Waals surface area (Å²) >= 11 is 0. The van der Waals surface area contributed by atoms with Gasteiger partial charge in [0.2, 0.25) is 0 Å². The molecular weight excluding hydrogens is 289 g/mol. The first-order valence-corrected chi connectivity index (χ1v) is 6.88. The number of hydrogen-bond acceptors (Lipinski definition) is 4. The van der Waals surface area contributed by atoms with Gasteiger partial charge in [-0.2, -0.15) is 5.10 Å². The van der Waals surface area contributed by atoms with Gasteiger partial charge in [0.1, 0.15) is 6.04 Å². The van der Waals surface area contributed by atoms with Crippen LogP contribution in [0.5, 0.6) is 5.75 Å². The molecule has 6 nitrogen and oxygen atoms in total. The van der Waals surface area contributed by atoms with Crippen molar-refractivity contribution in [1.29, 1.82) is 0 Å². The average Bonchev–Trinajstić information content (AvgIpc) is 2.88. The first-order valence-electron chi connectivity index (χ1n) is 6.88. The third-order valence-electron chi connectivity index (χ3n) is 3.21. The number of halogens is 1. The molecule has 7 heteroatoms. The maximum absolute atomic E-state index is 13.8. The predicted octanol–water partition coefficient (Wildman–Crippen LogP) is 1.87. The van der Waals surface area contributed by atoms with Crippen molar-refractivity contribution in [3.05, 3.63) is 47.5 Å². The number of aryl methyl sites for hydroxylation is 1. The Morgan fingerprint density at radius 3 is 2.82 bits per heavy atom. The average molecular weight is 307 g/mol. The molecule has 0 saturated heterocycles. The van der Waals surface area contributed by atoms with Crippen molar-refractivity contribution in [2.24, 2.45) is 7.05 Å². The molecule has 0 aliphatic rings. The second-order valence-corrected chi connectivity index (χ2v) is 4.73. The minimum absolute atomic E-state index is 0.188. The van der Waals surface area contributed by atoms with Gasteiger partial charge in [-0.25, -0.2) is 4.39 Å². The second kappa shape index (κ2) is 7.04. The maximum atomic E-state index is 13.8. The molecule has 0 amide bonds. The first kappa shape index (κ1) is 16.0. The molecule has 0 fully saturated rings. The van der Waals surface area contributed by atoms with Gasteiger partial charge in [-0.3, -0.25) is 14.8 Å². The second-order valence-electron chi connectivity index (χ2n) is 4.73. The van der Waals surface area contributed by atoms with E-state index in [0.717, 1.165) is 0 Å². The molecule has 0 aliphatic carbocycles. The number of aromatic nitrogens is 2. The minimum atomic E-state index is -1.02. The zero-order valence-electron chi connectivity index (χ0n) is 12.4. The summed E-state index contributed by atoms with van der Waals surface area (Å²) in [4.78, 5) is 11.4. The lowest BCUT2D eigenvalue weighted by Gasteiger charge is -2.15. The van der Waals surface area contributed by atoms with Crippen LogP contribution in [0.15, 0.2) is 30.5 Å². The molecule has 0 unspecified atom stereocenters. The Kier molecular flexibility index (Phi) is 5.11. The van der Waals surface area contributed by atoms with Crippen molar-refractivity contribution in [3.63, 3.8) is 0 Å². The lowest BCUT2D eigenvalue weighted by molar-refractivity contribution is -0.139. The molecule has 2 rings (SSSR count). The number of nitrogens with one attached hydrogen (secondary N) is 1. The Bertz CT molecular complexity index is 657. The van der Waals surface area contributed by atoms with Crippen LogP contribution in [0.3, 0.4) is 0 Å². The number of hydrogen-bond donors (Lipinski definition) is 2. The fourth-order valence-corrected chi connectivity index (χ4v) is 2.13. The highest BCUT2D eigenvalue weighted by Crippen LogP contribution is 2.19. The van der Waals surface area contributed by atoms with Gasteiger partial charge >= 0.3 is 5.97 Å². The number of nitrogens with zero attached hydrogens (tertiary/aromatic N) is 2. The molecule has 1 aromatic carbocycles. The Morgan fingerprint density at radius 2 is 2.27 bits per heavy atom. The lowest BCUT2D eigenvalue weighted by Crippen LogP contribution is -2.29. The Labute approximate surface area is 127 Å². The van der Waals surface area contributed by atoms with Crippen LogP contribution in [0, 0.1) is 5.82 Å². The Balaban J connectivity index is 2.09. The van der Waals surface area contributed by atoms with Gasteiger partial charge in [-0.15, -0.1) is 0 Å². The van der Waals surface area contributed by atoms with Crippen molar-refractivity contribution in [2.45, 2.75) is 19.5 Å². The summed E-state index contributed by atoms with van der Waals surface area (Å²) in [6.07, 6.45) is 1.53. The smallest absolute Gasteiger partial charge is 0.326 e. The molecule has 0 saturated carbocycles. The van der Waals surface area contributed by atoms with Gasteiger partial charge in [0.15, 0.2) is 11.6 Å². The SMILES string of the molecule is CCOc1ccc(CN[C@@H](C(=O)O)c2ccnn2C)cc1F. The summed E-state index contributed by atoms with van der Waals surface area (Å²) in [5, 5.41) is 16.2. The van der Waals surface area contributed by atoms with E-state index >= 15 is 0 Å². The van der Waals surface area contributed by atoms with E-state index in [1.807, 2.05) is 0 Å². The zero-order chi connectivity index (χ0) is 16.1. The highest BCUT2D eigenvalue weighted by atomic mass is 19.1. The van der Waals surface area contributed by atoms with Crippen LogP contribution in [0.1, 0.15) is 24.2 Å². The topological polar surface area (TPSA) is 76.4 Å². The van der Waals surface area contributed by atoms with E-state index in [0.29, 0.717) is 17.9 Å². The van der Waals surface area contributed by atoms with E-state index in [1.165, 1.54) is 23.0 Å². The monoisotopic (exact) mass is 307 g/mol. The van der Waals surface area contributed by atoms with Crippen molar-refractivity contribution in [1.82, 2.24) is 15.1 Å². The first-order chi connectivity index (χ1) is 10.5. The van der Waals surface area contributed by atoms with Gasteiger partial charge in [0.25, 0.3) is 0 Å². The van der Waals surface area contributed by atoms with Crippen LogP contribution in [0.4, 0.5) is 4.39 Å². The molecule has 1 aromatic heterocycles. The van der Waals surface area contributed by atoms with Crippen LogP contribution in [0.2, 0.25) is 0 Å². The zero-order valence-corrected chi connectivity index (χ0v) is 12.4. The van der Waals surface area contributed by atoms with E-state index in [2.05, 4.69) is 10.4 Å². The lowest BCUT2D eigenvalue weighted by atomic mass is 10.1. The summed E-state index contributed by atoms with van der Waals surface area (Å²) in [7, 11) is 1.67. The Morgan fingerprint density at radius 1 is 1.50 bits per heavy atom. The highest BCUT2D eigenvalue weighted by molar-refractivity contribution is 5.74. The van der Waals surface area contributed by atoms with Crippen LogP contribution >= 0.6 is 0 Å². The van der Waals surface area contributed by atoms with Crippen molar-refractivity contribution in [3.8, 4) is 5.75 Å². The molecule has 2 aromatic rings. The maximum Gasteiger partial charge on any atom is 0.326 e. The summed E-state index contributed by atoms with van der Waals surface area (Å²) in [6, 6.07) is 5.28. The fraction of sp³-hybridized carbons (Fsp3) is 0.333. The third-order valence-corrected chi connectivity index (χ3v) is 3.21. The van der Waals surface area contributed by atoms with Crippen LogP contribution in [0.25, 0.3) is 0 Å². The molecule has 22 heavy (non-hydrogen) atoms. The molecular formula is C15H18FN3O3. The molecule has 0 radical (unpaired) electrons. The fourth-order valence-electron chi connectivity index (χ4n) is 2.13.